The van der Waals surface area contributed by atoms with E-state index in [2.05, 4.69) is 15.5 Å². The van der Waals surface area contributed by atoms with Crippen LogP contribution >= 0.6 is 11.6 Å². The highest BCUT2D eigenvalue weighted by molar-refractivity contribution is 6.30. The van der Waals surface area contributed by atoms with Gasteiger partial charge in [0, 0.05) is 16.8 Å². The van der Waals surface area contributed by atoms with Gasteiger partial charge in [0.1, 0.15) is 18.0 Å². The Balaban J connectivity index is 1.52. The Kier molecular flexibility index (Phi) is 5.54. The van der Waals surface area contributed by atoms with Crippen LogP contribution in [0.2, 0.25) is 5.02 Å². The molecule has 0 unspecified atom stereocenters. The number of anilines is 1. The quantitative estimate of drug-likeness (QED) is 0.482. The van der Waals surface area contributed by atoms with Gasteiger partial charge in [0.2, 0.25) is 11.7 Å². The van der Waals surface area contributed by atoms with Gasteiger partial charge in [-0.25, -0.2) is 0 Å². The van der Waals surface area contributed by atoms with E-state index in [0.717, 1.165) is 11.1 Å². The van der Waals surface area contributed by atoms with E-state index in [1.807, 2.05) is 49.4 Å². The van der Waals surface area contributed by atoms with Crippen molar-refractivity contribution in [1.82, 2.24) is 14.7 Å². The van der Waals surface area contributed by atoms with Crippen molar-refractivity contribution in [2.24, 2.45) is 0 Å². The average Bonchev–Trinajstić information content (AvgIpc) is 3.38. The van der Waals surface area contributed by atoms with Crippen molar-refractivity contribution in [2.75, 3.05) is 12.4 Å². The fourth-order valence-electron chi connectivity index (χ4n) is 3.05. The van der Waals surface area contributed by atoms with E-state index >= 15 is 0 Å². The Labute approximate surface area is 178 Å². The minimum absolute atomic E-state index is 0.0814. The summed E-state index contributed by atoms with van der Waals surface area (Å²) < 4.78 is 12.5. The first-order valence-corrected chi connectivity index (χ1v) is 9.61. The number of carbonyl (C=O) groups excluding carboxylic acids is 1. The van der Waals surface area contributed by atoms with E-state index in [1.165, 1.54) is 0 Å². The monoisotopic (exact) mass is 422 g/mol. The van der Waals surface area contributed by atoms with Gasteiger partial charge in [-0.05, 0) is 61.0 Å². The number of hydrogen-bond acceptors (Lipinski definition) is 5. The van der Waals surface area contributed by atoms with Crippen molar-refractivity contribution in [3.63, 3.8) is 0 Å². The summed E-state index contributed by atoms with van der Waals surface area (Å²) in [6.45, 7) is 2.03. The second kappa shape index (κ2) is 8.42. The molecule has 0 spiro atoms. The molecule has 4 rings (SSSR count). The largest absolute Gasteiger partial charge is 0.495 e. The molecule has 2 aromatic heterocycles. The van der Waals surface area contributed by atoms with E-state index in [9.17, 15) is 4.79 Å². The summed E-state index contributed by atoms with van der Waals surface area (Å²) in [6, 6.07) is 16.4. The van der Waals surface area contributed by atoms with E-state index < -0.39 is 0 Å². The summed E-state index contributed by atoms with van der Waals surface area (Å²) in [4.78, 5) is 17.1. The molecule has 0 saturated heterocycles. The zero-order valence-corrected chi connectivity index (χ0v) is 17.2. The molecule has 8 heteroatoms. The van der Waals surface area contributed by atoms with Gasteiger partial charge in [-0.3, -0.25) is 4.79 Å². The Morgan fingerprint density at radius 3 is 2.77 bits per heavy atom. The number of aryl methyl sites for hydroxylation is 1. The summed E-state index contributed by atoms with van der Waals surface area (Å²) in [5, 5.41) is 7.56. The number of hydrogen-bond donors (Lipinski definition) is 1. The Morgan fingerprint density at radius 1 is 1.20 bits per heavy atom. The highest BCUT2D eigenvalue weighted by Gasteiger charge is 2.16. The molecule has 0 radical (unpaired) electrons. The van der Waals surface area contributed by atoms with Gasteiger partial charge >= 0.3 is 0 Å². The zero-order valence-electron chi connectivity index (χ0n) is 16.4. The van der Waals surface area contributed by atoms with Crippen LogP contribution in [0.4, 0.5) is 5.69 Å². The third-order valence-electron chi connectivity index (χ3n) is 4.52. The molecular formula is C22H19ClN4O3. The number of methoxy groups -OCH3 is 1. The number of rotatable bonds is 6. The van der Waals surface area contributed by atoms with E-state index in [4.69, 9.17) is 20.9 Å². The third-order valence-corrected chi connectivity index (χ3v) is 4.77. The maximum atomic E-state index is 12.6. The number of halogens is 1. The first-order valence-electron chi connectivity index (χ1n) is 9.23. The van der Waals surface area contributed by atoms with Gasteiger partial charge in [0.05, 0.1) is 12.8 Å². The smallest absolute Gasteiger partial charge is 0.274 e. The van der Waals surface area contributed by atoms with Crippen molar-refractivity contribution in [3.8, 4) is 28.7 Å². The van der Waals surface area contributed by atoms with Crippen LogP contribution in [0, 0.1) is 6.92 Å². The standard InChI is InChI=1S/C22H19ClN4O3/c1-14-5-10-19(29-2)17(12-14)24-20(28)13-27-11-3-4-18(27)22-25-21(26-30-22)15-6-8-16(23)9-7-15/h3-12H,13H2,1-2H3,(H,24,28). The lowest BCUT2D eigenvalue weighted by atomic mass is 10.2. The second-order valence-electron chi connectivity index (χ2n) is 6.70. The highest BCUT2D eigenvalue weighted by atomic mass is 35.5. The Bertz CT molecular complexity index is 1180. The molecule has 1 amide bonds. The summed E-state index contributed by atoms with van der Waals surface area (Å²) in [6.07, 6.45) is 1.79. The molecule has 152 valence electrons. The van der Waals surface area contributed by atoms with Crippen LogP contribution in [0.1, 0.15) is 5.56 Å². The van der Waals surface area contributed by atoms with Crippen molar-refractivity contribution >= 4 is 23.2 Å². The molecule has 0 fully saturated rings. The molecule has 0 bridgehead atoms. The van der Waals surface area contributed by atoms with Gasteiger partial charge in [0.25, 0.3) is 5.89 Å². The number of carbonyl (C=O) groups is 1. The van der Waals surface area contributed by atoms with Crippen molar-refractivity contribution in [2.45, 2.75) is 13.5 Å². The van der Waals surface area contributed by atoms with Gasteiger partial charge < -0.3 is 19.1 Å². The van der Waals surface area contributed by atoms with E-state index in [1.54, 1.807) is 30.0 Å². The SMILES string of the molecule is COc1ccc(C)cc1NC(=O)Cn1cccc1-c1nc(-c2ccc(Cl)cc2)no1. The average molecular weight is 423 g/mol. The molecule has 2 heterocycles. The lowest BCUT2D eigenvalue weighted by Crippen LogP contribution is -2.19. The van der Waals surface area contributed by atoms with Crippen LogP contribution in [0.5, 0.6) is 5.75 Å². The maximum absolute atomic E-state index is 12.6. The minimum atomic E-state index is -0.200. The van der Waals surface area contributed by atoms with Gasteiger partial charge in [-0.2, -0.15) is 4.98 Å². The Morgan fingerprint density at radius 2 is 2.00 bits per heavy atom. The molecule has 2 aromatic carbocycles. The lowest BCUT2D eigenvalue weighted by Gasteiger charge is -2.12. The number of nitrogens with one attached hydrogen (secondary N) is 1. The van der Waals surface area contributed by atoms with Gasteiger partial charge in [0.15, 0.2) is 0 Å². The number of amides is 1. The Hall–Kier alpha value is -3.58. The number of ether oxygens (including phenoxy) is 1. The lowest BCUT2D eigenvalue weighted by molar-refractivity contribution is -0.116. The summed E-state index contributed by atoms with van der Waals surface area (Å²) in [5.74, 6) is 1.18. The number of benzene rings is 2. The predicted octanol–water partition coefficient (Wildman–Crippen LogP) is 4.81. The third kappa shape index (κ3) is 4.21. The topological polar surface area (TPSA) is 82.2 Å². The van der Waals surface area contributed by atoms with Crippen LogP contribution in [0.15, 0.2) is 65.3 Å². The van der Waals surface area contributed by atoms with Crippen LogP contribution in [0.25, 0.3) is 23.0 Å². The molecule has 30 heavy (non-hydrogen) atoms. The van der Waals surface area contributed by atoms with Crippen molar-refractivity contribution < 1.29 is 14.1 Å². The maximum Gasteiger partial charge on any atom is 0.274 e. The number of aromatic nitrogens is 3. The number of nitrogens with zero attached hydrogens (tertiary/aromatic N) is 3. The van der Waals surface area contributed by atoms with Crippen LogP contribution in [-0.4, -0.2) is 27.7 Å². The second-order valence-corrected chi connectivity index (χ2v) is 7.14. The molecule has 0 aliphatic heterocycles. The first-order chi connectivity index (χ1) is 14.5. The molecule has 0 saturated carbocycles. The summed E-state index contributed by atoms with van der Waals surface area (Å²) in [5.41, 5.74) is 3.08. The molecule has 7 nitrogen and oxygen atoms in total. The van der Waals surface area contributed by atoms with Crippen LogP contribution in [-0.2, 0) is 11.3 Å². The highest BCUT2D eigenvalue weighted by Crippen LogP contribution is 2.26. The van der Waals surface area contributed by atoms with E-state index in [-0.39, 0.29) is 12.5 Å². The summed E-state index contributed by atoms with van der Waals surface area (Å²) >= 11 is 5.93. The predicted molar refractivity (Wildman–Crippen MR) is 115 cm³/mol. The summed E-state index contributed by atoms with van der Waals surface area (Å²) in [7, 11) is 1.57. The molecule has 1 N–H and O–H groups in total. The normalized spacial score (nSPS) is 10.8. The molecular weight excluding hydrogens is 404 g/mol. The molecule has 0 aliphatic rings. The molecule has 0 aliphatic carbocycles. The minimum Gasteiger partial charge on any atom is -0.495 e. The van der Waals surface area contributed by atoms with Gasteiger partial charge in [-0.1, -0.05) is 22.8 Å². The van der Waals surface area contributed by atoms with Crippen molar-refractivity contribution in [3.05, 3.63) is 71.4 Å². The van der Waals surface area contributed by atoms with E-state index in [0.29, 0.717) is 33.9 Å². The molecule has 4 aromatic rings. The fraction of sp³-hybridized carbons (Fsp3) is 0.136. The van der Waals surface area contributed by atoms with Crippen molar-refractivity contribution in [1.29, 1.82) is 0 Å². The van der Waals surface area contributed by atoms with Crippen LogP contribution < -0.4 is 10.1 Å². The van der Waals surface area contributed by atoms with Gasteiger partial charge in [-0.15, -0.1) is 0 Å². The van der Waals surface area contributed by atoms with Crippen LogP contribution in [0.3, 0.4) is 0 Å². The first kappa shape index (κ1) is 19.7. The zero-order chi connectivity index (χ0) is 21.1. The molecule has 0 atom stereocenters. The fourth-order valence-corrected chi connectivity index (χ4v) is 3.18.